The van der Waals surface area contributed by atoms with E-state index in [4.69, 9.17) is 10.5 Å². The highest BCUT2D eigenvalue weighted by atomic mass is 16.5. The number of hydrogen-bond donors (Lipinski definition) is 1. The minimum atomic E-state index is -0.453. The van der Waals surface area contributed by atoms with Crippen molar-refractivity contribution in [2.75, 3.05) is 18.5 Å². The zero-order chi connectivity index (χ0) is 14.8. The Morgan fingerprint density at radius 3 is 2.81 bits per heavy atom. The van der Waals surface area contributed by atoms with Crippen LogP contribution < -0.4 is 15.4 Å². The van der Waals surface area contributed by atoms with E-state index in [-0.39, 0.29) is 0 Å². The van der Waals surface area contributed by atoms with E-state index in [9.17, 15) is 4.79 Å². The number of hydrogen-bond acceptors (Lipinski definition) is 3. The van der Waals surface area contributed by atoms with Crippen molar-refractivity contribution in [3.05, 3.63) is 53.6 Å². The largest absolute Gasteiger partial charge is 0.457 e. The van der Waals surface area contributed by atoms with Crippen LogP contribution in [-0.2, 0) is 6.42 Å². The lowest BCUT2D eigenvalue weighted by atomic mass is 10.0. The first-order valence-electron chi connectivity index (χ1n) is 7.05. The first-order valence-corrected chi connectivity index (χ1v) is 7.05. The van der Waals surface area contributed by atoms with E-state index in [1.165, 1.54) is 17.7 Å². The molecule has 108 valence electrons. The van der Waals surface area contributed by atoms with Gasteiger partial charge in [0.2, 0.25) is 5.91 Å². The molecule has 0 saturated carbocycles. The van der Waals surface area contributed by atoms with Crippen LogP contribution in [-0.4, -0.2) is 19.5 Å². The van der Waals surface area contributed by atoms with E-state index in [0.717, 1.165) is 18.7 Å². The van der Waals surface area contributed by atoms with Gasteiger partial charge in [0.1, 0.15) is 11.5 Å². The Labute approximate surface area is 124 Å². The van der Waals surface area contributed by atoms with Gasteiger partial charge in [-0.3, -0.25) is 4.79 Å². The van der Waals surface area contributed by atoms with Gasteiger partial charge in [0, 0.05) is 30.9 Å². The highest BCUT2D eigenvalue weighted by molar-refractivity contribution is 5.93. The van der Waals surface area contributed by atoms with Gasteiger partial charge in [-0.1, -0.05) is 12.1 Å². The lowest BCUT2D eigenvalue weighted by Crippen LogP contribution is -2.24. The number of aryl methyl sites for hydroxylation is 1. The third kappa shape index (κ3) is 2.84. The summed E-state index contributed by atoms with van der Waals surface area (Å²) in [5, 5.41) is 0. The summed E-state index contributed by atoms with van der Waals surface area (Å²) in [4.78, 5) is 13.4. The maximum absolute atomic E-state index is 11.2. The molecule has 21 heavy (non-hydrogen) atoms. The van der Waals surface area contributed by atoms with Crippen LogP contribution in [0.5, 0.6) is 11.5 Å². The Hall–Kier alpha value is -2.49. The average Bonchev–Trinajstić information content (AvgIpc) is 2.48. The van der Waals surface area contributed by atoms with E-state index in [2.05, 4.69) is 18.0 Å². The Morgan fingerprint density at radius 1 is 1.19 bits per heavy atom. The number of nitrogens with two attached hydrogens (primary N) is 1. The van der Waals surface area contributed by atoms with Crippen LogP contribution in [0.1, 0.15) is 22.3 Å². The van der Waals surface area contributed by atoms with E-state index in [1.54, 1.807) is 18.2 Å². The predicted molar refractivity (Wildman–Crippen MR) is 83.1 cm³/mol. The number of rotatable bonds is 3. The molecule has 1 heterocycles. The fraction of sp³-hybridized carbons (Fsp3) is 0.235. The molecule has 0 bridgehead atoms. The highest BCUT2D eigenvalue weighted by Gasteiger charge is 2.14. The summed E-state index contributed by atoms with van der Waals surface area (Å²) in [7, 11) is 2.09. The van der Waals surface area contributed by atoms with Gasteiger partial charge >= 0.3 is 0 Å². The fourth-order valence-corrected chi connectivity index (χ4v) is 2.65. The third-order valence-corrected chi connectivity index (χ3v) is 3.76. The summed E-state index contributed by atoms with van der Waals surface area (Å²) in [5.74, 6) is 0.930. The molecule has 1 amide bonds. The second kappa shape index (κ2) is 5.48. The molecular weight excluding hydrogens is 264 g/mol. The molecule has 1 aliphatic heterocycles. The number of amides is 1. The highest BCUT2D eigenvalue weighted by Crippen LogP contribution is 2.32. The van der Waals surface area contributed by atoms with Gasteiger partial charge in [0.15, 0.2) is 0 Å². The van der Waals surface area contributed by atoms with Crippen molar-refractivity contribution in [3.8, 4) is 11.5 Å². The number of carbonyl (C=O) groups excluding carboxylic acids is 1. The van der Waals surface area contributed by atoms with Crippen molar-refractivity contribution in [2.24, 2.45) is 5.73 Å². The summed E-state index contributed by atoms with van der Waals surface area (Å²) in [5.41, 5.74) is 8.29. The molecule has 4 heteroatoms. The number of ether oxygens (including phenoxy) is 1. The predicted octanol–water partition coefficient (Wildman–Crippen LogP) is 2.96. The van der Waals surface area contributed by atoms with Crippen molar-refractivity contribution < 1.29 is 9.53 Å². The monoisotopic (exact) mass is 282 g/mol. The van der Waals surface area contributed by atoms with Crippen molar-refractivity contribution >= 4 is 11.6 Å². The molecule has 0 radical (unpaired) electrons. The van der Waals surface area contributed by atoms with Crippen molar-refractivity contribution in [2.45, 2.75) is 12.8 Å². The van der Waals surface area contributed by atoms with Crippen LogP contribution in [0.2, 0.25) is 0 Å². The molecule has 2 N–H and O–H groups in total. The van der Waals surface area contributed by atoms with Gasteiger partial charge in [0.05, 0.1) is 0 Å². The van der Waals surface area contributed by atoms with Crippen LogP contribution in [0, 0.1) is 0 Å². The van der Waals surface area contributed by atoms with Gasteiger partial charge in [0.25, 0.3) is 0 Å². The molecule has 0 unspecified atom stereocenters. The van der Waals surface area contributed by atoms with Gasteiger partial charge in [-0.2, -0.15) is 0 Å². The summed E-state index contributed by atoms with van der Waals surface area (Å²) in [6.07, 6.45) is 2.29. The molecule has 0 saturated heterocycles. The second-order valence-corrected chi connectivity index (χ2v) is 5.31. The molecule has 0 aromatic heterocycles. The zero-order valence-corrected chi connectivity index (χ0v) is 12.0. The minimum Gasteiger partial charge on any atom is -0.457 e. The Balaban J connectivity index is 1.87. The van der Waals surface area contributed by atoms with Gasteiger partial charge in [-0.05, 0) is 42.7 Å². The van der Waals surface area contributed by atoms with Crippen LogP contribution in [0.25, 0.3) is 0 Å². The molecular formula is C17H18N2O2. The minimum absolute atomic E-state index is 0.447. The molecule has 0 atom stereocenters. The summed E-state index contributed by atoms with van der Waals surface area (Å²) in [6, 6.07) is 13.0. The molecule has 2 aromatic rings. The summed E-state index contributed by atoms with van der Waals surface area (Å²) < 4.78 is 5.85. The summed E-state index contributed by atoms with van der Waals surface area (Å²) in [6.45, 7) is 1.06. The van der Waals surface area contributed by atoms with Crippen molar-refractivity contribution in [1.29, 1.82) is 0 Å². The Morgan fingerprint density at radius 2 is 2.00 bits per heavy atom. The van der Waals surface area contributed by atoms with Gasteiger partial charge in [-0.25, -0.2) is 0 Å². The molecule has 0 spiro atoms. The number of nitrogens with zero attached hydrogens (tertiary/aromatic N) is 1. The molecule has 0 aliphatic carbocycles. The first kappa shape index (κ1) is 13.5. The van der Waals surface area contributed by atoms with Crippen LogP contribution in [0.3, 0.4) is 0 Å². The lowest BCUT2D eigenvalue weighted by molar-refractivity contribution is 0.1000. The quantitative estimate of drug-likeness (QED) is 0.941. The maximum atomic E-state index is 11.2. The number of benzene rings is 2. The second-order valence-electron chi connectivity index (χ2n) is 5.31. The first-order chi connectivity index (χ1) is 10.1. The fourth-order valence-electron chi connectivity index (χ4n) is 2.65. The van der Waals surface area contributed by atoms with E-state index < -0.39 is 5.91 Å². The average molecular weight is 282 g/mol. The molecule has 2 aromatic carbocycles. The maximum Gasteiger partial charge on any atom is 0.248 e. The molecule has 0 fully saturated rings. The number of primary amides is 1. The van der Waals surface area contributed by atoms with Gasteiger partial charge in [-0.15, -0.1) is 0 Å². The van der Waals surface area contributed by atoms with E-state index >= 15 is 0 Å². The molecule has 1 aliphatic rings. The van der Waals surface area contributed by atoms with E-state index in [1.807, 2.05) is 18.2 Å². The normalized spacial score (nSPS) is 13.7. The van der Waals surface area contributed by atoms with Crippen LogP contribution >= 0.6 is 0 Å². The van der Waals surface area contributed by atoms with Crippen LogP contribution in [0.15, 0.2) is 42.5 Å². The SMILES string of the molecule is CN1CCCc2ccc(Oc3cccc(C(N)=O)c3)cc21. The standard InChI is InChI=1S/C17H18N2O2/c1-19-9-3-5-12-7-8-15(11-16(12)19)21-14-6-2-4-13(10-14)17(18)20/h2,4,6-8,10-11H,3,5,9H2,1H3,(H2,18,20). The van der Waals surface area contributed by atoms with Crippen molar-refractivity contribution in [3.63, 3.8) is 0 Å². The molecule has 3 rings (SSSR count). The lowest BCUT2D eigenvalue weighted by Gasteiger charge is -2.27. The van der Waals surface area contributed by atoms with E-state index in [0.29, 0.717) is 11.3 Å². The summed E-state index contributed by atoms with van der Waals surface area (Å²) >= 11 is 0. The van der Waals surface area contributed by atoms with Gasteiger partial charge < -0.3 is 15.4 Å². The smallest absolute Gasteiger partial charge is 0.248 e. The van der Waals surface area contributed by atoms with Crippen molar-refractivity contribution in [1.82, 2.24) is 0 Å². The Kier molecular flexibility index (Phi) is 3.52. The number of anilines is 1. The number of carbonyl (C=O) groups is 1. The molecule has 4 nitrogen and oxygen atoms in total. The topological polar surface area (TPSA) is 55.6 Å². The Bertz CT molecular complexity index is 682. The third-order valence-electron chi connectivity index (χ3n) is 3.76. The zero-order valence-electron chi connectivity index (χ0n) is 12.0. The number of fused-ring (bicyclic) bond motifs is 1. The van der Waals surface area contributed by atoms with Crippen LogP contribution in [0.4, 0.5) is 5.69 Å².